The minimum atomic E-state index is -3.73. The molecular formula is C20H17NO4S3. The lowest BCUT2D eigenvalue weighted by atomic mass is 10.1. The van der Waals surface area contributed by atoms with Crippen LogP contribution in [0.15, 0.2) is 70.9 Å². The number of hydrogen-bond donors (Lipinski definition) is 1. The van der Waals surface area contributed by atoms with Crippen molar-refractivity contribution in [1.29, 1.82) is 0 Å². The molecule has 0 aliphatic heterocycles. The van der Waals surface area contributed by atoms with Crippen LogP contribution in [0.25, 0.3) is 10.4 Å². The summed E-state index contributed by atoms with van der Waals surface area (Å²) in [6.45, 7) is 1.41. The molecule has 0 saturated carbocycles. The van der Waals surface area contributed by atoms with E-state index in [-0.39, 0.29) is 21.5 Å². The Balaban J connectivity index is 1.70. The predicted octanol–water partition coefficient (Wildman–Crippen LogP) is 4.68. The van der Waals surface area contributed by atoms with Crippen molar-refractivity contribution in [3.8, 4) is 10.4 Å². The number of carbonyl (C=O) groups is 2. The van der Waals surface area contributed by atoms with Gasteiger partial charge in [-0.1, -0.05) is 30.0 Å². The Kier molecular flexibility index (Phi) is 6.33. The number of anilines is 1. The zero-order valence-corrected chi connectivity index (χ0v) is 17.4. The van der Waals surface area contributed by atoms with E-state index in [4.69, 9.17) is 0 Å². The van der Waals surface area contributed by atoms with E-state index in [2.05, 4.69) is 4.72 Å². The lowest BCUT2D eigenvalue weighted by Crippen LogP contribution is -2.13. The summed E-state index contributed by atoms with van der Waals surface area (Å²) in [6, 6.07) is 16.7. The normalized spacial score (nSPS) is 11.2. The Morgan fingerprint density at radius 2 is 1.68 bits per heavy atom. The van der Waals surface area contributed by atoms with Crippen molar-refractivity contribution in [3.63, 3.8) is 0 Å². The van der Waals surface area contributed by atoms with Gasteiger partial charge in [0.25, 0.3) is 10.0 Å². The van der Waals surface area contributed by atoms with Crippen LogP contribution < -0.4 is 4.72 Å². The van der Waals surface area contributed by atoms with Crippen LogP contribution in [0.5, 0.6) is 0 Å². The van der Waals surface area contributed by atoms with Crippen molar-refractivity contribution in [2.75, 3.05) is 10.5 Å². The summed E-state index contributed by atoms with van der Waals surface area (Å²) in [6.07, 6.45) is 0. The summed E-state index contributed by atoms with van der Waals surface area (Å²) >= 11 is 2.53. The van der Waals surface area contributed by atoms with Gasteiger partial charge in [0.05, 0.1) is 10.6 Å². The third-order valence-corrected chi connectivity index (χ3v) is 6.97. The van der Waals surface area contributed by atoms with Gasteiger partial charge in [0.2, 0.25) is 0 Å². The Hall–Kier alpha value is -2.42. The molecular weight excluding hydrogens is 414 g/mol. The number of hydrogen-bond acceptors (Lipinski definition) is 6. The molecule has 0 aliphatic rings. The van der Waals surface area contributed by atoms with Gasteiger partial charge >= 0.3 is 0 Å². The van der Waals surface area contributed by atoms with E-state index < -0.39 is 10.0 Å². The van der Waals surface area contributed by atoms with Gasteiger partial charge in [0.1, 0.15) is 0 Å². The summed E-state index contributed by atoms with van der Waals surface area (Å²) in [7, 11) is -3.73. The van der Waals surface area contributed by atoms with Crippen molar-refractivity contribution in [2.24, 2.45) is 0 Å². The average molecular weight is 432 g/mol. The molecule has 0 radical (unpaired) electrons. The molecule has 1 N–H and O–H groups in total. The van der Waals surface area contributed by atoms with Gasteiger partial charge < -0.3 is 0 Å². The van der Waals surface area contributed by atoms with Gasteiger partial charge in [-0.25, -0.2) is 8.42 Å². The average Bonchev–Trinajstić information content (AvgIpc) is 3.21. The van der Waals surface area contributed by atoms with E-state index in [1.807, 2.05) is 17.5 Å². The topological polar surface area (TPSA) is 80.3 Å². The van der Waals surface area contributed by atoms with E-state index in [0.29, 0.717) is 11.3 Å². The van der Waals surface area contributed by atoms with Crippen LogP contribution in [0.1, 0.15) is 17.3 Å². The second-order valence-electron chi connectivity index (χ2n) is 5.89. The number of benzene rings is 2. The smallest absolute Gasteiger partial charge is 0.261 e. The summed E-state index contributed by atoms with van der Waals surface area (Å²) in [5.74, 6) is -0.115. The highest BCUT2D eigenvalue weighted by Gasteiger charge is 2.15. The minimum Gasteiger partial charge on any atom is -0.293 e. The number of carbonyl (C=O) groups excluding carboxylic acids is 2. The molecule has 0 spiro atoms. The molecule has 8 heteroatoms. The number of nitrogens with one attached hydrogen (secondary N) is 1. The molecule has 1 heterocycles. The zero-order chi connectivity index (χ0) is 20.1. The highest BCUT2D eigenvalue weighted by atomic mass is 32.2. The Morgan fingerprint density at radius 1 is 1.00 bits per heavy atom. The van der Waals surface area contributed by atoms with Crippen molar-refractivity contribution in [2.45, 2.75) is 11.8 Å². The number of sulfonamides is 1. The Morgan fingerprint density at radius 3 is 2.25 bits per heavy atom. The van der Waals surface area contributed by atoms with E-state index in [9.17, 15) is 18.0 Å². The van der Waals surface area contributed by atoms with Crippen LogP contribution >= 0.6 is 23.1 Å². The van der Waals surface area contributed by atoms with E-state index >= 15 is 0 Å². The van der Waals surface area contributed by atoms with Crippen LogP contribution in [-0.4, -0.2) is 25.1 Å². The molecule has 0 aliphatic carbocycles. The zero-order valence-electron chi connectivity index (χ0n) is 14.9. The maximum Gasteiger partial charge on any atom is 0.261 e. The van der Waals surface area contributed by atoms with Gasteiger partial charge in [0, 0.05) is 23.1 Å². The van der Waals surface area contributed by atoms with Crippen molar-refractivity contribution < 1.29 is 18.0 Å². The lowest BCUT2D eigenvalue weighted by molar-refractivity contribution is -0.109. The number of Topliss-reactive ketones (excluding diaryl/α,β-unsaturated/α-hetero) is 1. The monoisotopic (exact) mass is 431 g/mol. The molecule has 144 valence electrons. The molecule has 3 rings (SSSR count). The van der Waals surface area contributed by atoms with Gasteiger partial charge in [0.15, 0.2) is 10.9 Å². The second-order valence-corrected chi connectivity index (χ2v) is 9.67. The largest absolute Gasteiger partial charge is 0.293 e. The Bertz CT molecular complexity index is 1070. The fourth-order valence-corrected chi connectivity index (χ4v) is 4.72. The highest BCUT2D eigenvalue weighted by Crippen LogP contribution is 2.26. The second kappa shape index (κ2) is 8.72. The van der Waals surface area contributed by atoms with Gasteiger partial charge in [-0.2, -0.15) is 0 Å². The third kappa shape index (κ3) is 5.09. The SMILES string of the molecule is CC(=O)SCC(=O)c1ccc(NS(=O)(=O)c2ccc(-c3cccs3)cc2)cc1. The summed E-state index contributed by atoms with van der Waals surface area (Å²) in [5.41, 5.74) is 1.75. The third-order valence-electron chi connectivity index (χ3n) is 3.84. The fraction of sp³-hybridized carbons (Fsp3) is 0.100. The van der Waals surface area contributed by atoms with E-state index in [1.165, 1.54) is 19.1 Å². The first-order chi connectivity index (χ1) is 13.3. The van der Waals surface area contributed by atoms with Crippen LogP contribution in [0, 0.1) is 0 Å². The minimum absolute atomic E-state index is 0.0665. The molecule has 5 nitrogen and oxygen atoms in total. The van der Waals surface area contributed by atoms with E-state index in [0.717, 1.165) is 22.2 Å². The first kappa shape index (κ1) is 20.3. The number of rotatable bonds is 7. The van der Waals surface area contributed by atoms with Crippen LogP contribution in [0.4, 0.5) is 5.69 Å². The summed E-state index contributed by atoms with van der Waals surface area (Å²) in [4.78, 5) is 24.2. The van der Waals surface area contributed by atoms with Gasteiger partial charge in [-0.15, -0.1) is 11.3 Å². The van der Waals surface area contributed by atoms with Crippen molar-refractivity contribution in [1.82, 2.24) is 0 Å². The molecule has 0 atom stereocenters. The molecule has 0 saturated heterocycles. The van der Waals surface area contributed by atoms with Crippen LogP contribution in [-0.2, 0) is 14.8 Å². The molecule has 0 bridgehead atoms. The van der Waals surface area contributed by atoms with Crippen LogP contribution in [0.3, 0.4) is 0 Å². The lowest BCUT2D eigenvalue weighted by Gasteiger charge is -2.09. The van der Waals surface area contributed by atoms with Crippen molar-refractivity contribution in [3.05, 3.63) is 71.6 Å². The summed E-state index contributed by atoms with van der Waals surface area (Å²) in [5, 5.41) is 1.84. The number of thiophene rings is 1. The first-order valence-electron chi connectivity index (χ1n) is 8.28. The summed E-state index contributed by atoms with van der Waals surface area (Å²) < 4.78 is 27.7. The molecule has 0 fully saturated rings. The first-order valence-corrected chi connectivity index (χ1v) is 11.6. The number of ketones is 1. The molecule has 2 aromatic carbocycles. The number of thioether (sulfide) groups is 1. The maximum atomic E-state index is 12.6. The fourth-order valence-electron chi connectivity index (χ4n) is 2.43. The molecule has 28 heavy (non-hydrogen) atoms. The van der Waals surface area contributed by atoms with Crippen molar-refractivity contribution >= 4 is 49.7 Å². The Labute approximate surface area is 171 Å². The predicted molar refractivity (Wildman–Crippen MR) is 114 cm³/mol. The molecule has 0 unspecified atom stereocenters. The van der Waals surface area contributed by atoms with E-state index in [1.54, 1.807) is 47.7 Å². The molecule has 1 aromatic heterocycles. The quantitative estimate of drug-likeness (QED) is 0.550. The maximum absolute atomic E-state index is 12.6. The van der Waals surface area contributed by atoms with Crippen LogP contribution in [0.2, 0.25) is 0 Å². The molecule has 3 aromatic rings. The standard InChI is InChI=1S/C20H17NO4S3/c1-14(22)27-13-19(23)15-4-8-17(9-5-15)21-28(24,25)18-10-6-16(7-11-18)20-3-2-12-26-20/h2-12,21H,13H2,1H3. The highest BCUT2D eigenvalue weighted by molar-refractivity contribution is 8.14. The molecule has 0 amide bonds. The van der Waals surface area contributed by atoms with Gasteiger partial charge in [-0.3, -0.25) is 14.3 Å². The van der Waals surface area contributed by atoms with Gasteiger partial charge in [-0.05, 0) is 53.4 Å².